The summed E-state index contributed by atoms with van der Waals surface area (Å²) in [4.78, 5) is 30.6. The molecule has 5 fully saturated rings. The van der Waals surface area contributed by atoms with Gasteiger partial charge in [-0.3, -0.25) is 9.59 Å². The predicted octanol–water partition coefficient (Wildman–Crippen LogP) is 3.86. The molecule has 4 bridgehead atoms. The number of likely N-dealkylation sites (tertiary alicyclic amines) is 1. The van der Waals surface area contributed by atoms with Gasteiger partial charge in [-0.1, -0.05) is 18.2 Å². The first-order valence-electron chi connectivity index (χ1n) is 10.7. The van der Waals surface area contributed by atoms with Gasteiger partial charge in [0.2, 0.25) is 11.8 Å². The van der Waals surface area contributed by atoms with Crippen molar-refractivity contribution >= 4 is 17.5 Å². The molecule has 4 nitrogen and oxygen atoms in total. The summed E-state index contributed by atoms with van der Waals surface area (Å²) in [5.74, 6) is 2.63. The average molecular weight is 367 g/mol. The van der Waals surface area contributed by atoms with Crippen LogP contribution in [-0.2, 0) is 9.59 Å². The van der Waals surface area contributed by atoms with Crippen molar-refractivity contribution < 1.29 is 9.59 Å². The molecule has 0 N–H and O–H groups in total. The highest BCUT2D eigenvalue weighted by Crippen LogP contribution is 2.60. The Morgan fingerprint density at radius 3 is 2.19 bits per heavy atom. The van der Waals surface area contributed by atoms with Gasteiger partial charge in [0.05, 0.1) is 5.41 Å². The third-order valence-electron chi connectivity index (χ3n) is 7.76. The lowest BCUT2D eigenvalue weighted by molar-refractivity contribution is -0.160. The first-order valence-corrected chi connectivity index (χ1v) is 10.7. The van der Waals surface area contributed by atoms with Crippen molar-refractivity contribution in [3.8, 4) is 0 Å². The van der Waals surface area contributed by atoms with Gasteiger partial charge in [-0.25, -0.2) is 0 Å². The van der Waals surface area contributed by atoms with Crippen LogP contribution >= 0.6 is 0 Å². The number of para-hydroxylation sites is 1. The van der Waals surface area contributed by atoms with E-state index in [0.717, 1.165) is 62.1 Å². The van der Waals surface area contributed by atoms with Crippen LogP contribution in [0, 0.1) is 23.2 Å². The Balaban J connectivity index is 1.37. The molecule has 1 unspecified atom stereocenters. The highest BCUT2D eigenvalue weighted by molar-refractivity contribution is 5.99. The van der Waals surface area contributed by atoms with Crippen molar-refractivity contribution in [1.82, 2.24) is 4.90 Å². The maximum Gasteiger partial charge on any atom is 0.249 e. The number of anilines is 1. The van der Waals surface area contributed by atoms with Gasteiger partial charge >= 0.3 is 0 Å². The summed E-state index contributed by atoms with van der Waals surface area (Å²) >= 11 is 0. The molecule has 1 aromatic carbocycles. The lowest BCUT2D eigenvalue weighted by Gasteiger charge is -2.56. The van der Waals surface area contributed by atoms with Gasteiger partial charge in [-0.2, -0.15) is 0 Å². The van der Waals surface area contributed by atoms with Crippen molar-refractivity contribution in [2.45, 2.75) is 57.4 Å². The van der Waals surface area contributed by atoms with Crippen molar-refractivity contribution in [3.05, 3.63) is 30.3 Å². The molecule has 4 heteroatoms. The average Bonchev–Trinajstić information content (AvgIpc) is 3.15. The molecule has 0 spiro atoms. The molecular formula is C23H30N2O2. The summed E-state index contributed by atoms with van der Waals surface area (Å²) in [5.41, 5.74) is 0.750. The summed E-state index contributed by atoms with van der Waals surface area (Å²) in [6.07, 6.45) is 8.98. The number of benzene rings is 1. The van der Waals surface area contributed by atoms with Crippen LogP contribution in [-0.4, -0.2) is 36.3 Å². The normalized spacial score (nSPS) is 36.9. The second-order valence-electron chi connectivity index (χ2n) is 9.59. The highest BCUT2D eigenvalue weighted by atomic mass is 16.2. The van der Waals surface area contributed by atoms with Gasteiger partial charge in [-0.15, -0.1) is 0 Å². The van der Waals surface area contributed by atoms with E-state index >= 15 is 0 Å². The van der Waals surface area contributed by atoms with Crippen LogP contribution < -0.4 is 4.90 Å². The van der Waals surface area contributed by atoms with E-state index in [9.17, 15) is 9.59 Å². The molecule has 1 heterocycles. The molecule has 27 heavy (non-hydrogen) atoms. The van der Waals surface area contributed by atoms with E-state index < -0.39 is 0 Å². The maximum absolute atomic E-state index is 13.7. The number of amides is 2. The fourth-order valence-electron chi connectivity index (χ4n) is 6.95. The number of carbonyl (C=O) groups is 2. The maximum atomic E-state index is 13.7. The largest absolute Gasteiger partial charge is 0.330 e. The molecule has 1 aliphatic heterocycles. The molecular weight excluding hydrogens is 336 g/mol. The Morgan fingerprint density at radius 2 is 1.59 bits per heavy atom. The van der Waals surface area contributed by atoms with Gasteiger partial charge in [0.25, 0.3) is 0 Å². The third kappa shape index (κ3) is 2.79. The smallest absolute Gasteiger partial charge is 0.249 e. The minimum atomic E-state index is -0.282. The SMILES string of the molecule is CN(C(=O)C1CCCN1C(=O)C12CC3CC(CC(C3)C1)C2)c1ccccc1. The molecule has 0 aromatic heterocycles. The number of hydrogen-bond acceptors (Lipinski definition) is 2. The van der Waals surface area contributed by atoms with E-state index in [0.29, 0.717) is 5.91 Å². The molecule has 144 valence electrons. The summed E-state index contributed by atoms with van der Waals surface area (Å²) in [7, 11) is 1.84. The van der Waals surface area contributed by atoms with Crippen LogP contribution in [0.1, 0.15) is 51.4 Å². The Bertz CT molecular complexity index is 709. The molecule has 4 aliphatic carbocycles. The molecule has 4 saturated carbocycles. The topological polar surface area (TPSA) is 40.6 Å². The summed E-state index contributed by atoms with van der Waals surface area (Å²) < 4.78 is 0. The van der Waals surface area contributed by atoms with Gasteiger partial charge in [-0.05, 0) is 81.3 Å². The number of rotatable bonds is 3. The van der Waals surface area contributed by atoms with Crippen LogP contribution in [0.4, 0.5) is 5.69 Å². The zero-order valence-electron chi connectivity index (χ0n) is 16.3. The number of nitrogens with zero attached hydrogens (tertiary/aromatic N) is 2. The Morgan fingerprint density at radius 1 is 1.00 bits per heavy atom. The fourth-order valence-corrected chi connectivity index (χ4v) is 6.95. The lowest BCUT2D eigenvalue weighted by Crippen LogP contribution is -2.57. The van der Waals surface area contributed by atoms with E-state index in [1.807, 2.05) is 42.3 Å². The molecule has 1 aromatic rings. The second kappa shape index (κ2) is 6.35. The van der Waals surface area contributed by atoms with Crippen LogP contribution in [0.3, 0.4) is 0 Å². The summed E-state index contributed by atoms with van der Waals surface area (Å²) in [5, 5.41) is 0. The summed E-state index contributed by atoms with van der Waals surface area (Å²) in [6.45, 7) is 0.750. The fraction of sp³-hybridized carbons (Fsp3) is 0.652. The number of likely N-dealkylation sites (N-methyl/N-ethyl adjacent to an activating group) is 1. The number of carbonyl (C=O) groups excluding carboxylic acids is 2. The summed E-state index contributed by atoms with van der Waals surface area (Å²) in [6, 6.07) is 9.49. The molecule has 0 radical (unpaired) electrons. The predicted molar refractivity (Wildman–Crippen MR) is 105 cm³/mol. The molecule has 2 amide bonds. The highest BCUT2D eigenvalue weighted by Gasteiger charge is 2.56. The van der Waals surface area contributed by atoms with Gasteiger partial charge in [0.1, 0.15) is 6.04 Å². The van der Waals surface area contributed by atoms with E-state index in [4.69, 9.17) is 0 Å². The lowest BCUT2D eigenvalue weighted by atomic mass is 9.49. The van der Waals surface area contributed by atoms with Crippen molar-refractivity contribution in [1.29, 1.82) is 0 Å². The molecule has 1 saturated heterocycles. The number of hydrogen-bond donors (Lipinski definition) is 0. The van der Waals surface area contributed by atoms with E-state index in [1.54, 1.807) is 4.90 Å². The van der Waals surface area contributed by atoms with E-state index in [2.05, 4.69) is 0 Å². The first-order chi connectivity index (χ1) is 13.1. The Kier molecular flexibility index (Phi) is 4.06. The minimum Gasteiger partial charge on any atom is -0.330 e. The van der Waals surface area contributed by atoms with Gasteiger partial charge < -0.3 is 9.80 Å². The standard InChI is InChI=1S/C23H30N2O2/c1-24(19-6-3-2-4-7-19)21(26)20-8-5-9-25(20)22(27)23-13-16-10-17(14-23)12-18(11-16)15-23/h2-4,6-7,16-18,20H,5,8-15H2,1H3. The van der Waals surface area contributed by atoms with Crippen LogP contribution in [0.15, 0.2) is 30.3 Å². The van der Waals surface area contributed by atoms with Crippen LogP contribution in [0.5, 0.6) is 0 Å². The molecule has 1 atom stereocenters. The monoisotopic (exact) mass is 366 g/mol. The molecule has 5 aliphatic rings. The van der Waals surface area contributed by atoms with Crippen molar-refractivity contribution in [2.75, 3.05) is 18.5 Å². The Hall–Kier alpha value is -1.84. The second-order valence-corrected chi connectivity index (χ2v) is 9.59. The zero-order chi connectivity index (χ0) is 18.6. The van der Waals surface area contributed by atoms with Gasteiger partial charge in [0, 0.05) is 19.3 Å². The molecule has 6 rings (SSSR count). The van der Waals surface area contributed by atoms with Crippen LogP contribution in [0.25, 0.3) is 0 Å². The first kappa shape index (κ1) is 17.3. The van der Waals surface area contributed by atoms with Gasteiger partial charge in [0.15, 0.2) is 0 Å². The quantitative estimate of drug-likeness (QED) is 0.815. The van der Waals surface area contributed by atoms with E-state index in [-0.39, 0.29) is 17.4 Å². The zero-order valence-corrected chi connectivity index (χ0v) is 16.3. The van der Waals surface area contributed by atoms with E-state index in [1.165, 1.54) is 19.3 Å². The van der Waals surface area contributed by atoms with Crippen molar-refractivity contribution in [3.63, 3.8) is 0 Å². The van der Waals surface area contributed by atoms with Crippen LogP contribution in [0.2, 0.25) is 0 Å². The minimum absolute atomic E-state index is 0.0665. The third-order valence-corrected chi connectivity index (χ3v) is 7.76. The Labute approximate surface area is 161 Å². The van der Waals surface area contributed by atoms with Crippen molar-refractivity contribution in [2.24, 2.45) is 23.2 Å².